The first-order chi connectivity index (χ1) is 9.69. The van der Waals surface area contributed by atoms with E-state index in [1.165, 1.54) is 6.07 Å². The first-order valence-corrected chi connectivity index (χ1v) is 7.04. The van der Waals surface area contributed by atoms with E-state index in [2.05, 4.69) is 5.32 Å². The summed E-state index contributed by atoms with van der Waals surface area (Å²) in [4.78, 5) is 12.2. The summed E-state index contributed by atoms with van der Waals surface area (Å²) in [5, 5.41) is 11.7. The molecule has 0 aromatic heterocycles. The van der Waals surface area contributed by atoms with Crippen molar-refractivity contribution in [1.29, 1.82) is 0 Å². The lowest BCUT2D eigenvalue weighted by Crippen LogP contribution is -2.14. The fourth-order valence-electron chi connectivity index (χ4n) is 1.65. The van der Waals surface area contributed by atoms with Crippen LogP contribution in [0.5, 0.6) is 0 Å². The van der Waals surface area contributed by atoms with Crippen LogP contribution in [0.15, 0.2) is 53.4 Å². The van der Waals surface area contributed by atoms with Crippen LogP contribution in [0.3, 0.4) is 0 Å². The normalized spacial score (nSPS) is 10.3. The number of anilines is 1. The largest absolute Gasteiger partial charge is 0.392 e. The number of hydrogen-bond donors (Lipinski definition) is 2. The Bertz CT molecular complexity index is 604. The maximum atomic E-state index is 13.4. The predicted octanol–water partition coefficient (Wildman–Crippen LogP) is 3.05. The van der Waals surface area contributed by atoms with E-state index in [0.717, 1.165) is 17.3 Å². The first-order valence-electron chi connectivity index (χ1n) is 6.06. The van der Waals surface area contributed by atoms with E-state index < -0.39 is 0 Å². The summed E-state index contributed by atoms with van der Waals surface area (Å²) in [7, 11) is 0. The van der Waals surface area contributed by atoms with Gasteiger partial charge in [-0.25, -0.2) is 4.39 Å². The Labute approximate surface area is 120 Å². The van der Waals surface area contributed by atoms with E-state index in [0.29, 0.717) is 10.6 Å². The standard InChI is InChI=1S/C15H14FNO2S/c16-13-6-1-2-7-14(13)20-10-15(19)17-12-5-3-4-11(8-12)9-18/h1-8,18H,9-10H2,(H,17,19). The Hall–Kier alpha value is -1.85. The van der Waals surface area contributed by atoms with E-state index in [9.17, 15) is 9.18 Å². The van der Waals surface area contributed by atoms with Gasteiger partial charge in [0.15, 0.2) is 0 Å². The summed E-state index contributed by atoms with van der Waals surface area (Å²) in [5.41, 5.74) is 1.35. The van der Waals surface area contributed by atoms with Crippen molar-refractivity contribution >= 4 is 23.4 Å². The van der Waals surface area contributed by atoms with Gasteiger partial charge in [-0.05, 0) is 29.8 Å². The molecule has 5 heteroatoms. The molecule has 0 saturated carbocycles. The third-order valence-corrected chi connectivity index (χ3v) is 3.64. The van der Waals surface area contributed by atoms with Crippen molar-refractivity contribution < 1.29 is 14.3 Å². The van der Waals surface area contributed by atoms with Crippen LogP contribution in [0.25, 0.3) is 0 Å². The molecule has 0 radical (unpaired) electrons. The number of benzene rings is 2. The molecule has 0 spiro atoms. The molecular weight excluding hydrogens is 277 g/mol. The molecule has 0 saturated heterocycles. The van der Waals surface area contributed by atoms with Gasteiger partial charge in [0.1, 0.15) is 5.82 Å². The van der Waals surface area contributed by atoms with Crippen molar-refractivity contribution in [3.05, 3.63) is 59.9 Å². The summed E-state index contributed by atoms with van der Waals surface area (Å²) in [5.74, 6) is -0.412. The van der Waals surface area contributed by atoms with Crippen LogP contribution >= 0.6 is 11.8 Å². The molecule has 0 aliphatic heterocycles. The molecule has 1 amide bonds. The number of halogens is 1. The van der Waals surface area contributed by atoms with Crippen molar-refractivity contribution in [2.45, 2.75) is 11.5 Å². The van der Waals surface area contributed by atoms with Gasteiger partial charge in [0.25, 0.3) is 0 Å². The van der Waals surface area contributed by atoms with Crippen LogP contribution in [-0.4, -0.2) is 16.8 Å². The Morgan fingerprint density at radius 2 is 2.00 bits per heavy atom. The lowest BCUT2D eigenvalue weighted by molar-refractivity contribution is -0.113. The summed E-state index contributed by atoms with van der Waals surface area (Å²) in [6.07, 6.45) is 0. The second kappa shape index (κ2) is 7.07. The third-order valence-electron chi connectivity index (χ3n) is 2.59. The Morgan fingerprint density at radius 3 is 2.75 bits per heavy atom. The molecule has 0 aliphatic carbocycles. The number of rotatable bonds is 5. The molecule has 2 aromatic carbocycles. The average Bonchev–Trinajstić information content (AvgIpc) is 2.46. The zero-order valence-corrected chi connectivity index (χ0v) is 11.5. The van der Waals surface area contributed by atoms with Gasteiger partial charge in [-0.1, -0.05) is 24.3 Å². The molecule has 20 heavy (non-hydrogen) atoms. The number of aliphatic hydroxyl groups excluding tert-OH is 1. The van der Waals surface area contributed by atoms with Crippen molar-refractivity contribution in [2.75, 3.05) is 11.1 Å². The summed E-state index contributed by atoms with van der Waals surface area (Å²) < 4.78 is 13.4. The maximum Gasteiger partial charge on any atom is 0.234 e. The Balaban J connectivity index is 1.91. The van der Waals surface area contributed by atoms with E-state index >= 15 is 0 Å². The van der Waals surface area contributed by atoms with Gasteiger partial charge >= 0.3 is 0 Å². The molecule has 2 rings (SSSR count). The first kappa shape index (κ1) is 14.6. The van der Waals surface area contributed by atoms with Crippen molar-refractivity contribution in [3.8, 4) is 0 Å². The van der Waals surface area contributed by atoms with Gasteiger partial charge in [0.05, 0.1) is 12.4 Å². The van der Waals surface area contributed by atoms with Crippen LogP contribution in [0, 0.1) is 5.82 Å². The van der Waals surface area contributed by atoms with E-state index in [4.69, 9.17) is 5.11 Å². The summed E-state index contributed by atoms with van der Waals surface area (Å²) in [6.45, 7) is -0.0757. The molecule has 0 aliphatic rings. The Morgan fingerprint density at radius 1 is 1.20 bits per heavy atom. The summed E-state index contributed by atoms with van der Waals surface area (Å²) >= 11 is 1.15. The number of hydrogen-bond acceptors (Lipinski definition) is 3. The lowest BCUT2D eigenvalue weighted by Gasteiger charge is -2.07. The number of carbonyl (C=O) groups excluding carboxylic acids is 1. The van der Waals surface area contributed by atoms with Gasteiger partial charge in [0.2, 0.25) is 5.91 Å². The third kappa shape index (κ3) is 4.08. The fraction of sp³-hybridized carbons (Fsp3) is 0.133. The highest BCUT2D eigenvalue weighted by atomic mass is 32.2. The predicted molar refractivity (Wildman–Crippen MR) is 78.1 cm³/mol. The Kier molecular flexibility index (Phi) is 5.15. The van der Waals surface area contributed by atoms with Crippen LogP contribution in [-0.2, 0) is 11.4 Å². The van der Waals surface area contributed by atoms with Crippen molar-refractivity contribution in [1.82, 2.24) is 0 Å². The number of amides is 1. The molecule has 0 atom stereocenters. The second-order valence-electron chi connectivity index (χ2n) is 4.13. The minimum Gasteiger partial charge on any atom is -0.392 e. The summed E-state index contributed by atoms with van der Waals surface area (Å²) in [6, 6.07) is 13.3. The zero-order chi connectivity index (χ0) is 14.4. The van der Waals surface area contributed by atoms with E-state index in [1.807, 2.05) is 0 Å². The number of carbonyl (C=O) groups is 1. The van der Waals surface area contributed by atoms with Gasteiger partial charge < -0.3 is 10.4 Å². The highest BCUT2D eigenvalue weighted by Crippen LogP contribution is 2.21. The van der Waals surface area contributed by atoms with Crippen LogP contribution in [0.4, 0.5) is 10.1 Å². The van der Waals surface area contributed by atoms with Crippen LogP contribution in [0.2, 0.25) is 0 Å². The quantitative estimate of drug-likeness (QED) is 0.832. The zero-order valence-electron chi connectivity index (χ0n) is 10.7. The van der Waals surface area contributed by atoms with Crippen molar-refractivity contribution in [3.63, 3.8) is 0 Å². The molecule has 104 valence electrons. The van der Waals surface area contributed by atoms with E-state index in [1.54, 1.807) is 42.5 Å². The monoisotopic (exact) mass is 291 g/mol. The second-order valence-corrected chi connectivity index (χ2v) is 5.14. The molecule has 0 bridgehead atoms. The van der Waals surface area contributed by atoms with Gasteiger partial charge in [-0.2, -0.15) is 0 Å². The van der Waals surface area contributed by atoms with Crippen LogP contribution in [0.1, 0.15) is 5.56 Å². The minimum absolute atomic E-state index is 0.0757. The average molecular weight is 291 g/mol. The molecule has 0 heterocycles. The number of aliphatic hydroxyl groups is 1. The molecular formula is C15H14FNO2S. The fourth-order valence-corrected chi connectivity index (χ4v) is 2.39. The highest BCUT2D eigenvalue weighted by Gasteiger charge is 2.07. The minimum atomic E-state index is -0.326. The van der Waals surface area contributed by atoms with Crippen molar-refractivity contribution in [2.24, 2.45) is 0 Å². The highest BCUT2D eigenvalue weighted by molar-refractivity contribution is 8.00. The van der Waals surface area contributed by atoms with E-state index in [-0.39, 0.29) is 24.1 Å². The smallest absolute Gasteiger partial charge is 0.234 e. The number of thioether (sulfide) groups is 1. The van der Waals surface area contributed by atoms with Gasteiger partial charge in [-0.3, -0.25) is 4.79 Å². The molecule has 2 N–H and O–H groups in total. The molecule has 0 unspecified atom stereocenters. The maximum absolute atomic E-state index is 13.4. The molecule has 2 aromatic rings. The molecule has 3 nitrogen and oxygen atoms in total. The topological polar surface area (TPSA) is 49.3 Å². The SMILES string of the molecule is O=C(CSc1ccccc1F)Nc1cccc(CO)c1. The molecule has 0 fully saturated rings. The van der Waals surface area contributed by atoms with Gasteiger partial charge in [0, 0.05) is 10.6 Å². The number of nitrogens with one attached hydrogen (secondary N) is 1. The lowest BCUT2D eigenvalue weighted by atomic mass is 10.2. The van der Waals surface area contributed by atoms with Gasteiger partial charge in [-0.15, -0.1) is 11.8 Å². The van der Waals surface area contributed by atoms with Crippen LogP contribution < -0.4 is 5.32 Å².